The first kappa shape index (κ1) is 12.7. The molecule has 0 aromatic carbocycles. The number of aliphatic hydroxyl groups excluding tert-OH is 1. The van der Waals surface area contributed by atoms with Crippen LogP contribution in [-0.2, 0) is 19.9 Å². The van der Waals surface area contributed by atoms with Crippen molar-refractivity contribution < 1.29 is 5.11 Å². The molecule has 0 spiro atoms. The lowest BCUT2D eigenvalue weighted by Gasteiger charge is -2.09. The molecule has 1 unspecified atom stereocenters. The van der Waals surface area contributed by atoms with Crippen molar-refractivity contribution in [1.82, 2.24) is 19.7 Å². The zero-order valence-electron chi connectivity index (χ0n) is 11.0. The molecule has 0 aliphatic heterocycles. The van der Waals surface area contributed by atoms with Gasteiger partial charge in [0.1, 0.15) is 6.10 Å². The third kappa shape index (κ3) is 2.73. The van der Waals surface area contributed by atoms with Gasteiger partial charge in [0.05, 0.1) is 23.3 Å². The number of nitrogens with zero attached hydrogens (tertiary/aromatic N) is 4. The highest BCUT2D eigenvalue weighted by Crippen LogP contribution is 2.16. The lowest BCUT2D eigenvalue weighted by Crippen LogP contribution is -2.08. The topological polar surface area (TPSA) is 63.8 Å². The van der Waals surface area contributed by atoms with Gasteiger partial charge in [0.25, 0.3) is 0 Å². The van der Waals surface area contributed by atoms with E-state index in [1.165, 1.54) is 0 Å². The van der Waals surface area contributed by atoms with Gasteiger partial charge >= 0.3 is 0 Å². The summed E-state index contributed by atoms with van der Waals surface area (Å²) < 4.78 is 1.81. The number of aliphatic hydroxyl groups is 1. The Kier molecular flexibility index (Phi) is 3.72. The minimum Gasteiger partial charge on any atom is -0.386 e. The molecule has 0 fully saturated rings. The van der Waals surface area contributed by atoms with Crippen LogP contribution in [0.4, 0.5) is 0 Å². The van der Waals surface area contributed by atoms with Crippen LogP contribution in [0.15, 0.2) is 18.5 Å². The maximum Gasteiger partial charge on any atom is 0.103 e. The summed E-state index contributed by atoms with van der Waals surface area (Å²) in [5.74, 6) is 0. The first-order valence-electron chi connectivity index (χ1n) is 6.08. The van der Waals surface area contributed by atoms with E-state index >= 15 is 0 Å². The highest BCUT2D eigenvalue weighted by molar-refractivity contribution is 5.14. The molecular formula is C13H18N4O. The van der Waals surface area contributed by atoms with Crippen LogP contribution >= 0.6 is 0 Å². The summed E-state index contributed by atoms with van der Waals surface area (Å²) in [7, 11) is 1.89. The highest BCUT2D eigenvalue weighted by Gasteiger charge is 2.13. The minimum atomic E-state index is -0.641. The minimum absolute atomic E-state index is 0.501. The first-order chi connectivity index (χ1) is 8.60. The molecule has 1 atom stereocenters. The zero-order valence-corrected chi connectivity index (χ0v) is 11.0. The van der Waals surface area contributed by atoms with E-state index in [0.717, 1.165) is 23.5 Å². The summed E-state index contributed by atoms with van der Waals surface area (Å²) in [6.07, 6.45) is 4.05. The second kappa shape index (κ2) is 5.27. The molecule has 0 bridgehead atoms. The van der Waals surface area contributed by atoms with E-state index in [2.05, 4.69) is 22.0 Å². The van der Waals surface area contributed by atoms with Crippen molar-refractivity contribution in [3.05, 3.63) is 41.2 Å². The average Bonchev–Trinajstić information content (AvgIpc) is 2.71. The predicted octanol–water partition coefficient (Wildman–Crippen LogP) is 1.36. The number of aryl methyl sites for hydroxylation is 3. The van der Waals surface area contributed by atoms with E-state index in [1.807, 2.05) is 24.7 Å². The van der Waals surface area contributed by atoms with Gasteiger partial charge < -0.3 is 5.11 Å². The molecule has 5 heteroatoms. The normalized spacial score (nSPS) is 12.7. The molecule has 0 saturated heterocycles. The summed E-state index contributed by atoms with van der Waals surface area (Å²) in [5, 5.41) is 14.5. The Hall–Kier alpha value is -1.75. The van der Waals surface area contributed by atoms with Crippen molar-refractivity contribution in [2.45, 2.75) is 32.8 Å². The molecule has 0 radical (unpaired) electrons. The maximum atomic E-state index is 10.1. The Morgan fingerprint density at radius 1 is 1.33 bits per heavy atom. The molecular weight excluding hydrogens is 228 g/mol. The van der Waals surface area contributed by atoms with Gasteiger partial charge in [-0.2, -0.15) is 5.10 Å². The molecule has 0 aliphatic carbocycles. The van der Waals surface area contributed by atoms with E-state index in [0.29, 0.717) is 12.1 Å². The molecule has 2 rings (SSSR count). The van der Waals surface area contributed by atoms with E-state index in [9.17, 15) is 5.11 Å². The Morgan fingerprint density at radius 2 is 2.11 bits per heavy atom. The molecule has 0 saturated carbocycles. The Balaban J connectivity index is 2.13. The van der Waals surface area contributed by atoms with Gasteiger partial charge in [-0.15, -0.1) is 0 Å². The van der Waals surface area contributed by atoms with Crippen LogP contribution in [0.3, 0.4) is 0 Å². The number of hydrogen-bond acceptors (Lipinski definition) is 4. The molecule has 18 heavy (non-hydrogen) atoms. The van der Waals surface area contributed by atoms with Gasteiger partial charge in [-0.3, -0.25) is 14.6 Å². The smallest absolute Gasteiger partial charge is 0.103 e. The maximum absolute atomic E-state index is 10.1. The number of aromatic nitrogens is 4. The summed E-state index contributed by atoms with van der Waals surface area (Å²) >= 11 is 0. The molecule has 5 nitrogen and oxygen atoms in total. The highest BCUT2D eigenvalue weighted by atomic mass is 16.3. The van der Waals surface area contributed by atoms with Crippen LogP contribution in [-0.4, -0.2) is 24.9 Å². The molecule has 0 amide bonds. The Morgan fingerprint density at radius 3 is 2.67 bits per heavy atom. The van der Waals surface area contributed by atoms with E-state index in [4.69, 9.17) is 0 Å². The zero-order chi connectivity index (χ0) is 13.1. The lowest BCUT2D eigenvalue weighted by atomic mass is 10.1. The van der Waals surface area contributed by atoms with Crippen molar-refractivity contribution in [2.75, 3.05) is 0 Å². The number of hydrogen-bond donors (Lipinski definition) is 1. The summed E-state index contributed by atoms with van der Waals surface area (Å²) in [6, 6.07) is 2.02. The summed E-state index contributed by atoms with van der Waals surface area (Å²) in [4.78, 5) is 8.33. The third-order valence-corrected chi connectivity index (χ3v) is 2.93. The van der Waals surface area contributed by atoms with Crippen molar-refractivity contribution in [3.63, 3.8) is 0 Å². The summed E-state index contributed by atoms with van der Waals surface area (Å²) in [6.45, 7) is 3.94. The van der Waals surface area contributed by atoms with Crippen LogP contribution in [0, 0.1) is 6.92 Å². The van der Waals surface area contributed by atoms with E-state index in [1.54, 1.807) is 12.4 Å². The average molecular weight is 246 g/mol. The van der Waals surface area contributed by atoms with Gasteiger partial charge in [0.2, 0.25) is 0 Å². The fourth-order valence-electron chi connectivity index (χ4n) is 1.81. The van der Waals surface area contributed by atoms with Crippen molar-refractivity contribution >= 4 is 0 Å². The second-order valence-electron chi connectivity index (χ2n) is 4.41. The van der Waals surface area contributed by atoms with Crippen molar-refractivity contribution in [3.8, 4) is 0 Å². The van der Waals surface area contributed by atoms with Gasteiger partial charge in [-0.05, 0) is 19.4 Å². The summed E-state index contributed by atoms with van der Waals surface area (Å²) in [5.41, 5.74) is 3.48. The van der Waals surface area contributed by atoms with Crippen LogP contribution in [0.1, 0.15) is 35.8 Å². The van der Waals surface area contributed by atoms with Crippen molar-refractivity contribution in [1.29, 1.82) is 0 Å². The van der Waals surface area contributed by atoms with Crippen LogP contribution in [0.25, 0.3) is 0 Å². The standard InChI is InChI=1S/C13H18N4O/c1-4-10-5-11(17(3)16-10)6-13(18)12-8-14-9(2)7-15-12/h5,7-8,13,18H,4,6H2,1-3H3. The van der Waals surface area contributed by atoms with Crippen LogP contribution in [0.2, 0.25) is 0 Å². The fraction of sp³-hybridized carbons (Fsp3) is 0.462. The number of rotatable bonds is 4. The SMILES string of the molecule is CCc1cc(CC(O)c2cnc(C)cn2)n(C)n1. The quantitative estimate of drug-likeness (QED) is 0.884. The Bertz CT molecular complexity index is 518. The molecule has 2 aromatic heterocycles. The van der Waals surface area contributed by atoms with Gasteiger partial charge in [0, 0.05) is 25.4 Å². The monoisotopic (exact) mass is 246 g/mol. The lowest BCUT2D eigenvalue weighted by molar-refractivity contribution is 0.170. The molecule has 0 aliphatic rings. The van der Waals surface area contributed by atoms with Gasteiger partial charge in [0.15, 0.2) is 0 Å². The van der Waals surface area contributed by atoms with Crippen molar-refractivity contribution in [2.24, 2.45) is 7.05 Å². The second-order valence-corrected chi connectivity index (χ2v) is 4.41. The molecule has 2 heterocycles. The van der Waals surface area contributed by atoms with E-state index in [-0.39, 0.29) is 0 Å². The largest absolute Gasteiger partial charge is 0.386 e. The van der Waals surface area contributed by atoms with E-state index < -0.39 is 6.10 Å². The molecule has 1 N–H and O–H groups in total. The molecule has 96 valence electrons. The van der Waals surface area contributed by atoms with Crippen LogP contribution < -0.4 is 0 Å². The predicted molar refractivity (Wildman–Crippen MR) is 68.0 cm³/mol. The Labute approximate surface area is 107 Å². The first-order valence-corrected chi connectivity index (χ1v) is 6.08. The van der Waals surface area contributed by atoms with Gasteiger partial charge in [-0.25, -0.2) is 0 Å². The third-order valence-electron chi connectivity index (χ3n) is 2.93. The van der Waals surface area contributed by atoms with Crippen LogP contribution in [0.5, 0.6) is 0 Å². The molecule has 2 aromatic rings. The fourth-order valence-corrected chi connectivity index (χ4v) is 1.81. The van der Waals surface area contributed by atoms with Gasteiger partial charge in [-0.1, -0.05) is 6.92 Å².